The van der Waals surface area contributed by atoms with Crippen LogP contribution < -0.4 is 5.32 Å². The number of fused-ring (bicyclic) bond motifs is 3. The minimum Gasteiger partial charge on any atom is -0.373 e. The number of benzene rings is 1. The van der Waals surface area contributed by atoms with Gasteiger partial charge in [-0.3, -0.25) is 4.79 Å². The molecule has 0 saturated carbocycles. The number of nitrogens with one attached hydrogen (secondary N) is 1. The van der Waals surface area contributed by atoms with Crippen LogP contribution in [0.4, 0.5) is 5.69 Å². The van der Waals surface area contributed by atoms with Crippen molar-refractivity contribution in [2.24, 2.45) is 0 Å². The van der Waals surface area contributed by atoms with Gasteiger partial charge in [-0.05, 0) is 75.6 Å². The smallest absolute Gasteiger partial charge is 0.167 e. The minimum atomic E-state index is -0.472. The molecule has 2 heteroatoms. The first-order chi connectivity index (χ1) is 9.29. The Morgan fingerprint density at radius 2 is 1.80 bits per heavy atom. The lowest BCUT2D eigenvalue weighted by atomic mass is 9.68. The Hall–Kier alpha value is -1.31. The maximum Gasteiger partial charge on any atom is 0.167 e. The summed E-state index contributed by atoms with van der Waals surface area (Å²) in [5, 5.41) is 3.54. The van der Waals surface area contributed by atoms with E-state index in [1.165, 1.54) is 35.2 Å². The van der Waals surface area contributed by atoms with Crippen LogP contribution in [0.15, 0.2) is 6.07 Å². The molecular formula is C18H25NO. The molecule has 2 aliphatic rings. The van der Waals surface area contributed by atoms with Crippen molar-refractivity contribution in [1.82, 2.24) is 0 Å². The van der Waals surface area contributed by atoms with E-state index in [-0.39, 0.29) is 5.78 Å². The Kier molecular flexibility index (Phi) is 2.80. The van der Waals surface area contributed by atoms with Crippen LogP contribution in [0.1, 0.15) is 63.3 Å². The van der Waals surface area contributed by atoms with Gasteiger partial charge in [0.25, 0.3) is 0 Å². The van der Waals surface area contributed by atoms with E-state index in [4.69, 9.17) is 0 Å². The highest BCUT2D eigenvalue weighted by atomic mass is 16.1. The molecule has 0 radical (unpaired) electrons. The molecule has 0 aromatic heterocycles. The van der Waals surface area contributed by atoms with Crippen LogP contribution in [0, 0.1) is 0 Å². The Bertz CT molecular complexity index is 596. The number of anilines is 1. The molecule has 0 unspecified atom stereocenters. The number of hydrogen-bond acceptors (Lipinski definition) is 2. The normalized spacial score (nSPS) is 22.1. The molecule has 0 bridgehead atoms. The van der Waals surface area contributed by atoms with E-state index in [0.717, 1.165) is 12.8 Å². The van der Waals surface area contributed by atoms with E-state index in [2.05, 4.69) is 32.2 Å². The number of aryl methyl sites for hydroxylation is 1. The molecule has 0 fully saturated rings. The second kappa shape index (κ2) is 4.09. The van der Waals surface area contributed by atoms with E-state index in [1.807, 2.05) is 13.8 Å². The highest BCUT2D eigenvalue weighted by Crippen LogP contribution is 2.46. The molecule has 0 saturated heterocycles. The van der Waals surface area contributed by atoms with Gasteiger partial charge in [-0.2, -0.15) is 0 Å². The lowest BCUT2D eigenvalue weighted by Crippen LogP contribution is -2.53. The fourth-order valence-corrected chi connectivity index (χ4v) is 4.09. The Balaban J connectivity index is 2.30. The summed E-state index contributed by atoms with van der Waals surface area (Å²) in [6.45, 7) is 10.4. The maximum atomic E-state index is 12.8. The van der Waals surface area contributed by atoms with Crippen molar-refractivity contribution >= 4 is 11.5 Å². The molecule has 0 amide bonds. The molecule has 1 aliphatic carbocycles. The quantitative estimate of drug-likeness (QED) is 0.842. The Labute approximate surface area is 122 Å². The van der Waals surface area contributed by atoms with Crippen LogP contribution in [0.2, 0.25) is 0 Å². The van der Waals surface area contributed by atoms with Gasteiger partial charge in [-0.25, -0.2) is 0 Å². The van der Waals surface area contributed by atoms with Crippen LogP contribution in [-0.4, -0.2) is 11.3 Å². The Morgan fingerprint density at radius 1 is 1.15 bits per heavy atom. The molecular weight excluding hydrogens is 246 g/mol. The second-order valence-corrected chi connectivity index (χ2v) is 7.33. The molecule has 0 spiro atoms. The third-order valence-corrected chi connectivity index (χ3v) is 5.12. The van der Waals surface area contributed by atoms with Crippen LogP contribution in [-0.2, 0) is 29.5 Å². The largest absolute Gasteiger partial charge is 0.373 e. The van der Waals surface area contributed by atoms with Crippen molar-refractivity contribution in [3.05, 3.63) is 28.3 Å². The zero-order valence-electron chi connectivity index (χ0n) is 13.3. The number of hydrogen-bond donors (Lipinski definition) is 1. The SMILES string of the molecule is CCc1cc2c(c3c1CCC3)NC(C)(C)C(=O)C2(C)C. The van der Waals surface area contributed by atoms with Crippen LogP contribution in [0.5, 0.6) is 0 Å². The average Bonchev–Trinajstić information content (AvgIpc) is 2.85. The van der Waals surface area contributed by atoms with E-state index in [0.29, 0.717) is 0 Å². The topological polar surface area (TPSA) is 29.1 Å². The third kappa shape index (κ3) is 1.66. The molecule has 2 nitrogen and oxygen atoms in total. The molecule has 20 heavy (non-hydrogen) atoms. The summed E-state index contributed by atoms with van der Waals surface area (Å²) >= 11 is 0. The molecule has 3 rings (SSSR count). The summed E-state index contributed by atoms with van der Waals surface area (Å²) in [5.41, 5.74) is 6.06. The monoisotopic (exact) mass is 271 g/mol. The van der Waals surface area contributed by atoms with Crippen molar-refractivity contribution in [3.63, 3.8) is 0 Å². The van der Waals surface area contributed by atoms with Crippen molar-refractivity contribution < 1.29 is 4.79 Å². The lowest BCUT2D eigenvalue weighted by Gasteiger charge is -2.43. The van der Waals surface area contributed by atoms with Crippen molar-refractivity contribution in [2.75, 3.05) is 5.32 Å². The van der Waals surface area contributed by atoms with Gasteiger partial charge in [0, 0.05) is 5.69 Å². The average molecular weight is 271 g/mol. The summed E-state index contributed by atoms with van der Waals surface area (Å²) in [6.07, 6.45) is 4.65. The van der Waals surface area contributed by atoms with Gasteiger partial charge in [0.2, 0.25) is 0 Å². The van der Waals surface area contributed by atoms with Gasteiger partial charge in [0.15, 0.2) is 5.78 Å². The standard InChI is InChI=1S/C18H25NO/c1-6-11-10-14-15(13-9-7-8-12(11)13)19-18(4,5)16(20)17(14,2)3/h10,19H,6-9H2,1-5H3. The van der Waals surface area contributed by atoms with Gasteiger partial charge < -0.3 is 5.32 Å². The predicted molar refractivity (Wildman–Crippen MR) is 83.6 cm³/mol. The van der Waals surface area contributed by atoms with Gasteiger partial charge >= 0.3 is 0 Å². The predicted octanol–water partition coefficient (Wildman–Crippen LogP) is 3.79. The minimum absolute atomic E-state index is 0.289. The van der Waals surface area contributed by atoms with Crippen LogP contribution >= 0.6 is 0 Å². The van der Waals surface area contributed by atoms with E-state index < -0.39 is 11.0 Å². The maximum absolute atomic E-state index is 12.8. The number of carbonyl (C=O) groups is 1. The summed E-state index contributed by atoms with van der Waals surface area (Å²) in [4.78, 5) is 12.8. The number of ketones is 1. The van der Waals surface area contributed by atoms with Crippen LogP contribution in [0.3, 0.4) is 0 Å². The molecule has 1 N–H and O–H groups in total. The lowest BCUT2D eigenvalue weighted by molar-refractivity contribution is -0.127. The zero-order chi connectivity index (χ0) is 14.7. The third-order valence-electron chi connectivity index (χ3n) is 5.12. The van der Waals surface area contributed by atoms with Crippen molar-refractivity contribution in [2.45, 2.75) is 71.3 Å². The fraction of sp³-hybridized carbons (Fsp3) is 0.611. The molecule has 1 aromatic rings. The number of Topliss-reactive ketones (excluding diaryl/α,β-unsaturated/α-hetero) is 1. The first kappa shape index (κ1) is 13.7. The fourth-order valence-electron chi connectivity index (χ4n) is 4.09. The molecule has 1 heterocycles. The van der Waals surface area contributed by atoms with E-state index in [9.17, 15) is 4.79 Å². The first-order valence-corrected chi connectivity index (χ1v) is 7.80. The van der Waals surface area contributed by atoms with E-state index in [1.54, 1.807) is 5.56 Å². The number of rotatable bonds is 1. The molecule has 1 aliphatic heterocycles. The first-order valence-electron chi connectivity index (χ1n) is 7.80. The van der Waals surface area contributed by atoms with Crippen molar-refractivity contribution in [3.8, 4) is 0 Å². The molecule has 0 atom stereocenters. The van der Waals surface area contributed by atoms with Gasteiger partial charge in [-0.15, -0.1) is 0 Å². The van der Waals surface area contributed by atoms with Crippen molar-refractivity contribution in [1.29, 1.82) is 0 Å². The van der Waals surface area contributed by atoms with E-state index >= 15 is 0 Å². The second-order valence-electron chi connectivity index (χ2n) is 7.33. The van der Waals surface area contributed by atoms with Gasteiger partial charge in [0.05, 0.1) is 11.0 Å². The van der Waals surface area contributed by atoms with Gasteiger partial charge in [-0.1, -0.05) is 13.0 Å². The highest BCUT2D eigenvalue weighted by molar-refractivity contribution is 6.03. The summed E-state index contributed by atoms with van der Waals surface area (Å²) < 4.78 is 0. The van der Waals surface area contributed by atoms with Crippen LogP contribution in [0.25, 0.3) is 0 Å². The zero-order valence-corrected chi connectivity index (χ0v) is 13.3. The van der Waals surface area contributed by atoms with Gasteiger partial charge in [0.1, 0.15) is 0 Å². The highest BCUT2D eigenvalue weighted by Gasteiger charge is 2.47. The summed E-state index contributed by atoms with van der Waals surface area (Å²) in [7, 11) is 0. The number of carbonyl (C=O) groups excluding carboxylic acids is 1. The summed E-state index contributed by atoms with van der Waals surface area (Å²) in [6, 6.07) is 2.29. The summed E-state index contributed by atoms with van der Waals surface area (Å²) in [5.74, 6) is 0.289. The molecule has 1 aromatic carbocycles. The Morgan fingerprint density at radius 3 is 2.45 bits per heavy atom. The molecule has 108 valence electrons.